The largest absolute Gasteiger partial charge is 0.485 e. The minimum atomic E-state index is -5.04. The summed E-state index contributed by atoms with van der Waals surface area (Å²) in [4.78, 5) is 53.4. The van der Waals surface area contributed by atoms with E-state index in [1.54, 1.807) is 12.3 Å². The summed E-state index contributed by atoms with van der Waals surface area (Å²) < 4.78 is 44.0. The summed E-state index contributed by atoms with van der Waals surface area (Å²) in [7, 11) is -5.04. The standard InChI is InChI=1S/C33H42N10O11S2/c1-32(2)26(28(46)43(32)54-56(49,50)51)40-27(45)25(22-16-55-30(35)39-22)41-53-33(3,29(47)48)24-7-5-19-8-18(4-6-23(19)52-24)20-12-37-31(38-13-21(44)9-34)42(15-20)14-17-10-36-11-17/h4,6,8,12,15-17,21,24,26,36,44H,5,7,9-11,13-14,34H2,1-3H3,(H5,35,39,40,45,47,48,49,50,51)/p+1/b41-25-/t21-,24-,26?,33?/m1/s1. The molecule has 23 heteroatoms. The number of nitrogens with one attached hydrogen (secondary N) is 3. The van der Waals surface area contributed by atoms with Crippen molar-refractivity contribution >= 4 is 56.3 Å². The Balaban J connectivity index is 1.20. The molecule has 0 spiro atoms. The van der Waals surface area contributed by atoms with E-state index in [1.165, 1.54) is 26.2 Å². The van der Waals surface area contributed by atoms with Gasteiger partial charge in [0.2, 0.25) is 0 Å². The number of aliphatic hydroxyl groups excluding tert-OH is 1. The van der Waals surface area contributed by atoms with Gasteiger partial charge in [0.05, 0.1) is 30.9 Å². The molecular weight excluding hydrogens is 777 g/mol. The average Bonchev–Trinajstić information content (AvgIpc) is 3.57. The second-order valence-electron chi connectivity index (χ2n) is 14.3. The van der Waals surface area contributed by atoms with Crippen molar-refractivity contribution in [3.05, 3.63) is 47.2 Å². The van der Waals surface area contributed by atoms with E-state index < -0.39 is 63.3 Å². The third kappa shape index (κ3) is 8.52. The Morgan fingerprint density at radius 3 is 2.66 bits per heavy atom. The van der Waals surface area contributed by atoms with Gasteiger partial charge in [0.15, 0.2) is 16.9 Å². The van der Waals surface area contributed by atoms with Crippen molar-refractivity contribution in [1.29, 1.82) is 0 Å². The fourth-order valence-electron chi connectivity index (χ4n) is 6.30. The van der Waals surface area contributed by atoms with Crippen LogP contribution in [-0.4, -0.2) is 117 Å². The number of anilines is 2. The van der Waals surface area contributed by atoms with E-state index >= 15 is 0 Å². The van der Waals surface area contributed by atoms with Crippen molar-refractivity contribution in [3.63, 3.8) is 0 Å². The first-order chi connectivity index (χ1) is 26.4. The molecule has 0 saturated carbocycles. The second-order valence-corrected chi connectivity index (χ2v) is 16.2. The number of β-lactam (4-membered cyclic amide) rings is 1. The number of carboxylic acids is 1. The predicted molar refractivity (Wildman–Crippen MR) is 198 cm³/mol. The number of rotatable bonds is 16. The van der Waals surface area contributed by atoms with E-state index in [-0.39, 0.29) is 30.3 Å². The summed E-state index contributed by atoms with van der Waals surface area (Å²) in [5, 5.41) is 35.0. The van der Waals surface area contributed by atoms with Crippen molar-refractivity contribution in [1.82, 2.24) is 25.7 Å². The van der Waals surface area contributed by atoms with Gasteiger partial charge < -0.3 is 41.9 Å². The molecule has 3 aliphatic rings. The number of carbonyl (C=O) groups excluding carboxylic acids is 2. The summed E-state index contributed by atoms with van der Waals surface area (Å²) in [5.41, 5.74) is 9.66. The Morgan fingerprint density at radius 2 is 2.05 bits per heavy atom. The lowest BCUT2D eigenvalue weighted by atomic mass is 9.84. The number of aliphatic carboxylic acids is 1. The Kier molecular flexibility index (Phi) is 11.5. The molecule has 5 heterocycles. The molecule has 3 aliphatic heterocycles. The van der Waals surface area contributed by atoms with Gasteiger partial charge in [0, 0.05) is 36.5 Å². The number of ether oxygens (including phenoxy) is 1. The molecule has 3 aromatic rings. The molecule has 2 amide bonds. The maximum absolute atomic E-state index is 13.6. The molecule has 2 aromatic heterocycles. The Labute approximate surface area is 324 Å². The number of benzene rings is 1. The van der Waals surface area contributed by atoms with Crippen LogP contribution in [0.25, 0.3) is 11.1 Å². The number of carbonyl (C=O) groups is 3. The van der Waals surface area contributed by atoms with Crippen molar-refractivity contribution in [2.75, 3.05) is 37.2 Å². The lowest BCUT2D eigenvalue weighted by Crippen LogP contribution is -2.76. The first-order valence-electron chi connectivity index (χ1n) is 17.4. The van der Waals surface area contributed by atoms with E-state index in [2.05, 4.69) is 35.4 Å². The monoisotopic (exact) mass is 819 g/mol. The van der Waals surface area contributed by atoms with Crippen molar-refractivity contribution in [2.24, 2.45) is 16.8 Å². The van der Waals surface area contributed by atoms with Gasteiger partial charge >= 0.3 is 22.3 Å². The van der Waals surface area contributed by atoms with E-state index in [9.17, 15) is 33.0 Å². The summed E-state index contributed by atoms with van der Waals surface area (Å²) in [6, 6.07) is 4.16. The topological polar surface area (TPSA) is 307 Å². The van der Waals surface area contributed by atoms with Gasteiger partial charge in [-0.05, 0) is 56.9 Å². The van der Waals surface area contributed by atoms with Gasteiger partial charge in [-0.15, -0.1) is 15.6 Å². The maximum atomic E-state index is 13.6. The highest BCUT2D eigenvalue weighted by Gasteiger charge is 2.58. The summed E-state index contributed by atoms with van der Waals surface area (Å²) in [6.07, 6.45) is 2.50. The number of aliphatic hydroxyl groups is 1. The number of nitrogens with zero attached hydrogens (tertiary/aromatic N) is 5. The highest BCUT2D eigenvalue weighted by Crippen LogP contribution is 2.37. The Morgan fingerprint density at radius 1 is 1.30 bits per heavy atom. The van der Waals surface area contributed by atoms with E-state index in [4.69, 9.17) is 25.6 Å². The van der Waals surface area contributed by atoms with Crippen LogP contribution in [0.15, 0.2) is 41.1 Å². The molecule has 4 atom stereocenters. The quantitative estimate of drug-likeness (QED) is 0.0277. The number of hydrogen-bond acceptors (Lipinski definition) is 17. The zero-order valence-electron chi connectivity index (χ0n) is 30.5. The van der Waals surface area contributed by atoms with Crippen LogP contribution in [0.4, 0.5) is 11.1 Å². The van der Waals surface area contributed by atoms with Gasteiger partial charge in [-0.25, -0.2) is 14.3 Å². The van der Waals surface area contributed by atoms with Gasteiger partial charge in [-0.3, -0.25) is 19.5 Å². The Bertz CT molecular complexity index is 2150. The number of hydrogen-bond donors (Lipinski definition) is 8. The number of oxime groups is 1. The number of thiazole rings is 1. The van der Waals surface area contributed by atoms with Gasteiger partial charge in [-0.2, -0.15) is 13.5 Å². The summed E-state index contributed by atoms with van der Waals surface area (Å²) >= 11 is 0.962. The number of nitrogen functional groups attached to an aromatic ring is 1. The predicted octanol–water partition coefficient (Wildman–Crippen LogP) is -1.18. The molecule has 2 unspecified atom stereocenters. The molecule has 0 radical (unpaired) electrons. The number of nitrogens with two attached hydrogens (primary N) is 2. The van der Waals surface area contributed by atoms with Crippen LogP contribution in [-0.2, 0) is 46.9 Å². The number of aryl methyl sites for hydroxylation is 1. The van der Waals surface area contributed by atoms with Crippen molar-refractivity contribution < 1.29 is 56.0 Å². The molecule has 1 aromatic carbocycles. The molecule has 0 aliphatic carbocycles. The smallest absolute Gasteiger partial charge is 0.418 e. The number of amides is 2. The fraction of sp³-hybridized carbons (Fsp3) is 0.485. The van der Waals surface area contributed by atoms with Gasteiger partial charge in [-0.1, -0.05) is 16.2 Å². The minimum absolute atomic E-state index is 0.0529. The molecule has 2 saturated heterocycles. The van der Waals surface area contributed by atoms with E-state index in [1.807, 2.05) is 22.9 Å². The normalized spacial score (nSPS) is 21.1. The van der Waals surface area contributed by atoms with Crippen LogP contribution in [0.5, 0.6) is 5.75 Å². The maximum Gasteiger partial charge on any atom is 0.418 e. The van der Waals surface area contributed by atoms with Crippen LogP contribution in [0.3, 0.4) is 0 Å². The molecule has 10 N–H and O–H groups in total. The van der Waals surface area contributed by atoms with Crippen molar-refractivity contribution in [2.45, 2.75) is 69.5 Å². The molecular formula is C33H43N10O11S2+. The molecule has 302 valence electrons. The van der Waals surface area contributed by atoms with Crippen LogP contribution in [0, 0.1) is 5.92 Å². The minimum Gasteiger partial charge on any atom is -0.485 e. The number of carboxylic acid groups (broad SMARTS) is 1. The summed E-state index contributed by atoms with van der Waals surface area (Å²) in [6.45, 7) is 6.83. The third-order valence-corrected chi connectivity index (χ3v) is 10.8. The average molecular weight is 820 g/mol. The first kappa shape index (κ1) is 40.6. The zero-order valence-corrected chi connectivity index (χ0v) is 32.2. The Hall–Kier alpha value is -5.04. The lowest BCUT2D eigenvalue weighted by Gasteiger charge is -2.50. The fourth-order valence-corrected chi connectivity index (χ4v) is 7.30. The number of fused-ring (bicyclic) bond motifs is 1. The van der Waals surface area contributed by atoms with Crippen LogP contribution in [0.1, 0.15) is 38.4 Å². The van der Waals surface area contributed by atoms with Crippen molar-refractivity contribution in [3.8, 4) is 16.9 Å². The number of aromatic nitrogens is 3. The molecule has 6 rings (SSSR count). The van der Waals surface area contributed by atoms with Crippen LogP contribution in [0.2, 0.25) is 0 Å². The SMILES string of the molecule is CC(O/N=C(\C(=O)NC1C(=O)N(OS(=O)(=O)O)C1(C)C)c1csc(N)n1)(C(=O)O)[C@H]1CCc2cc(-c3cnc(NC[C@H](O)CN)[n+](CC4CNC4)c3)ccc2O1. The van der Waals surface area contributed by atoms with E-state index in [0.717, 1.165) is 41.1 Å². The van der Waals surface area contributed by atoms with Crippen LogP contribution >= 0.6 is 11.3 Å². The molecule has 2 fully saturated rings. The zero-order chi connectivity index (χ0) is 40.6. The lowest BCUT2D eigenvalue weighted by molar-refractivity contribution is -0.692. The third-order valence-electron chi connectivity index (χ3n) is 9.79. The highest BCUT2D eigenvalue weighted by atomic mass is 32.3. The molecule has 56 heavy (non-hydrogen) atoms. The second kappa shape index (κ2) is 15.8. The summed E-state index contributed by atoms with van der Waals surface area (Å²) in [5.74, 6) is -2.02. The first-order valence-corrected chi connectivity index (χ1v) is 19.7. The van der Waals surface area contributed by atoms with Gasteiger partial charge in [0.1, 0.15) is 23.7 Å². The number of hydroxylamine groups is 2. The molecule has 0 bridgehead atoms. The molecule has 21 nitrogen and oxygen atoms in total. The van der Waals surface area contributed by atoms with Crippen LogP contribution < -0.4 is 36.7 Å². The van der Waals surface area contributed by atoms with E-state index in [0.29, 0.717) is 35.6 Å². The highest BCUT2D eigenvalue weighted by molar-refractivity contribution is 7.80. The van der Waals surface area contributed by atoms with Gasteiger partial charge in [0.25, 0.3) is 17.4 Å².